The van der Waals surface area contributed by atoms with Crippen molar-refractivity contribution >= 4 is 29.5 Å². The molecule has 5 saturated carbocycles. The Hall–Kier alpha value is -3.95. The Morgan fingerprint density at radius 1 is 0.869 bits per heavy atom. The van der Waals surface area contributed by atoms with Gasteiger partial charge in [0, 0.05) is 44.2 Å². The number of allylic oxidation sites excluding steroid dienone is 1. The summed E-state index contributed by atoms with van der Waals surface area (Å²) >= 11 is 0. The number of carboxylic acids is 1. The van der Waals surface area contributed by atoms with Crippen LogP contribution in [0.25, 0.3) is 0 Å². The molecule has 61 heavy (non-hydrogen) atoms. The Kier molecular flexibility index (Phi) is 11.2. The van der Waals surface area contributed by atoms with E-state index in [1.807, 2.05) is 24.3 Å². The van der Waals surface area contributed by atoms with Crippen LogP contribution in [0.5, 0.6) is 0 Å². The largest absolute Gasteiger partial charge is 0.481 e. The van der Waals surface area contributed by atoms with E-state index in [0.717, 1.165) is 82.5 Å². The molecule has 1 saturated heterocycles. The van der Waals surface area contributed by atoms with E-state index in [-0.39, 0.29) is 39.6 Å². The third kappa shape index (κ3) is 7.18. The van der Waals surface area contributed by atoms with Gasteiger partial charge in [-0.15, -0.1) is 0 Å². The van der Waals surface area contributed by atoms with Gasteiger partial charge in [-0.25, -0.2) is 9.97 Å². The highest BCUT2D eigenvalue weighted by Gasteiger charge is 2.72. The lowest BCUT2D eigenvalue weighted by Gasteiger charge is -2.73. The number of aromatic nitrogens is 2. The highest BCUT2D eigenvalue weighted by atomic mass is 16.5. The number of benzene rings is 1. The first kappa shape index (κ1) is 43.7. The first-order valence-electron chi connectivity index (χ1n) is 23.5. The molecule has 0 unspecified atom stereocenters. The third-order valence-corrected chi connectivity index (χ3v) is 18.7. The minimum absolute atomic E-state index is 0.101. The first-order chi connectivity index (χ1) is 28.8. The van der Waals surface area contributed by atoms with Gasteiger partial charge in [-0.2, -0.15) is 0 Å². The molecule has 5 aliphatic carbocycles. The van der Waals surface area contributed by atoms with E-state index >= 15 is 4.79 Å². The lowest BCUT2D eigenvalue weighted by Crippen LogP contribution is -2.68. The molecule has 6 fully saturated rings. The Morgan fingerprint density at radius 2 is 1.59 bits per heavy atom. The number of anilines is 2. The summed E-state index contributed by atoms with van der Waals surface area (Å²) < 4.78 is 6.22. The van der Waals surface area contributed by atoms with Gasteiger partial charge in [0.2, 0.25) is 5.91 Å². The molecular formula is C51H73N5O5. The summed E-state index contributed by atoms with van der Waals surface area (Å²) in [6.07, 6.45) is 11.7. The minimum Gasteiger partial charge on any atom is -0.481 e. The van der Waals surface area contributed by atoms with E-state index < -0.39 is 17.4 Å². The van der Waals surface area contributed by atoms with Gasteiger partial charge in [0.15, 0.2) is 0 Å². The second-order valence-electron chi connectivity index (χ2n) is 22.4. The predicted octanol–water partition coefficient (Wildman–Crippen LogP) is 9.81. The van der Waals surface area contributed by atoms with Crippen molar-refractivity contribution in [2.45, 2.75) is 139 Å². The maximum Gasteiger partial charge on any atom is 0.309 e. The zero-order chi connectivity index (χ0) is 43.8. The van der Waals surface area contributed by atoms with E-state index in [0.29, 0.717) is 55.1 Å². The van der Waals surface area contributed by atoms with Crippen LogP contribution >= 0.6 is 0 Å². The fourth-order valence-corrected chi connectivity index (χ4v) is 15.2. The van der Waals surface area contributed by atoms with Gasteiger partial charge in [0.25, 0.3) is 0 Å². The number of nitrogens with zero attached hydrogens (tertiary/aromatic N) is 4. The maximum absolute atomic E-state index is 15.3. The quantitative estimate of drug-likeness (QED) is 0.178. The normalized spacial score (nSPS) is 36.7. The molecule has 2 heterocycles. The number of nitrogens with one attached hydrogen (secondary N) is 1. The van der Waals surface area contributed by atoms with Gasteiger partial charge < -0.3 is 25.0 Å². The van der Waals surface area contributed by atoms with Gasteiger partial charge in [0.05, 0.1) is 17.3 Å². The van der Waals surface area contributed by atoms with Crippen molar-refractivity contribution in [3.63, 3.8) is 0 Å². The van der Waals surface area contributed by atoms with Crippen molar-refractivity contribution in [1.29, 1.82) is 0 Å². The lowest BCUT2D eigenvalue weighted by atomic mass is 9.32. The zero-order valence-electron chi connectivity index (χ0n) is 38.4. The van der Waals surface area contributed by atoms with Gasteiger partial charge in [-0.1, -0.05) is 77.1 Å². The van der Waals surface area contributed by atoms with Crippen LogP contribution in [-0.4, -0.2) is 70.1 Å². The summed E-state index contributed by atoms with van der Waals surface area (Å²) in [5, 5.41) is 13.1. The average Bonchev–Trinajstić information content (AvgIpc) is 3.63. The smallest absolute Gasteiger partial charge is 0.309 e. The monoisotopic (exact) mass is 836 g/mol. The molecule has 1 aliphatic heterocycles. The Bertz CT molecular complexity index is 2010. The van der Waals surface area contributed by atoms with E-state index in [9.17, 15) is 14.7 Å². The molecule has 332 valence electrons. The van der Waals surface area contributed by atoms with Gasteiger partial charge in [-0.3, -0.25) is 14.4 Å². The Morgan fingerprint density at radius 3 is 2.28 bits per heavy atom. The molecule has 0 spiro atoms. The van der Waals surface area contributed by atoms with Crippen LogP contribution in [0.3, 0.4) is 0 Å². The maximum atomic E-state index is 15.3. The van der Waals surface area contributed by atoms with Crippen molar-refractivity contribution in [1.82, 2.24) is 14.9 Å². The molecule has 10 atom stereocenters. The molecule has 8 rings (SSSR count). The number of carbonyl (C=O) groups is 3. The summed E-state index contributed by atoms with van der Waals surface area (Å²) in [5.74, 6) is 2.78. The summed E-state index contributed by atoms with van der Waals surface area (Å²) in [4.78, 5) is 53.9. The predicted molar refractivity (Wildman–Crippen MR) is 239 cm³/mol. The molecule has 10 heteroatoms. The third-order valence-electron chi connectivity index (χ3n) is 18.7. The second-order valence-corrected chi connectivity index (χ2v) is 22.4. The molecule has 10 nitrogen and oxygen atoms in total. The SMILES string of the molecule is C=C(C)[C@@H]1CC[C@]2(C(=O)N3CCN(c4cc(NCc5ccccc5)ncn4)CC3)CC[C@]3(C)[C@H](CC[C@@H]4[C@@]5(C)CC[C@H](OC(=O)CC(C)(C)C(=O)O)C(C)(C)[C@@H]5CC[C@]43C)[C@@H]12. The second kappa shape index (κ2) is 15.7. The molecule has 6 aliphatic rings. The van der Waals surface area contributed by atoms with Crippen LogP contribution in [0.4, 0.5) is 11.6 Å². The fraction of sp³-hybridized carbons (Fsp3) is 0.706. The number of amides is 1. The van der Waals surface area contributed by atoms with Crippen LogP contribution < -0.4 is 10.2 Å². The van der Waals surface area contributed by atoms with Crippen LogP contribution in [0, 0.1) is 62.1 Å². The summed E-state index contributed by atoms with van der Waals surface area (Å²) in [5.41, 5.74) is 1.05. The number of carbonyl (C=O) groups excluding carboxylic acids is 2. The van der Waals surface area contributed by atoms with Gasteiger partial charge >= 0.3 is 11.9 Å². The van der Waals surface area contributed by atoms with Crippen LogP contribution in [0.2, 0.25) is 0 Å². The summed E-state index contributed by atoms with van der Waals surface area (Å²) in [7, 11) is 0. The van der Waals surface area contributed by atoms with E-state index in [1.165, 1.54) is 17.6 Å². The molecule has 1 aromatic carbocycles. The number of hydrogen-bond donors (Lipinski definition) is 2. The molecule has 2 aromatic rings. The summed E-state index contributed by atoms with van der Waals surface area (Å²) in [6.45, 7) is 26.0. The number of carboxylic acid groups (broad SMARTS) is 1. The van der Waals surface area contributed by atoms with Gasteiger partial charge in [-0.05, 0) is 136 Å². The topological polar surface area (TPSA) is 125 Å². The average molecular weight is 836 g/mol. The van der Waals surface area contributed by atoms with Crippen LogP contribution in [0.15, 0.2) is 54.9 Å². The Balaban J connectivity index is 0.977. The molecule has 1 amide bonds. The van der Waals surface area contributed by atoms with Crippen LogP contribution in [0.1, 0.15) is 132 Å². The minimum atomic E-state index is -1.16. The van der Waals surface area contributed by atoms with Gasteiger partial charge in [0.1, 0.15) is 24.1 Å². The Labute approximate surface area is 365 Å². The molecule has 0 bridgehead atoms. The van der Waals surface area contributed by atoms with Crippen molar-refractivity contribution in [3.8, 4) is 0 Å². The lowest BCUT2D eigenvalue weighted by molar-refractivity contribution is -0.250. The van der Waals surface area contributed by atoms with E-state index in [1.54, 1.807) is 20.2 Å². The van der Waals surface area contributed by atoms with E-state index in [4.69, 9.17) is 4.74 Å². The molecule has 1 aromatic heterocycles. The van der Waals surface area contributed by atoms with Crippen molar-refractivity contribution in [3.05, 3.63) is 60.4 Å². The molecule has 0 radical (unpaired) electrons. The molecule has 2 N–H and O–H groups in total. The van der Waals surface area contributed by atoms with Crippen LogP contribution in [-0.2, 0) is 25.7 Å². The standard InChI is InChI=1S/C51H73N5O5/c1-33(2)35-17-22-51(44(58)56-27-25-55(26-28-56)41-29-40(53-32-54-41)52-31-34-13-11-10-12-14-34)24-23-49(8)36(43(35)51)15-16-38-48(7)20-19-39(61-42(57)30-46(3,4)45(59)60)47(5,6)37(48)18-21-50(38,49)9/h10-14,29,32,35-39,43H,1,15-28,30-31H2,2-9H3,(H,59,60)(H,52,53,54)/t35-,36+,37-,38+,39-,43+,48-,49+,50+,51-/m0/s1. The number of aliphatic carboxylic acids is 1. The van der Waals surface area contributed by atoms with E-state index in [2.05, 4.69) is 85.3 Å². The fourth-order valence-electron chi connectivity index (χ4n) is 15.2. The first-order valence-corrected chi connectivity index (χ1v) is 23.5. The highest BCUT2D eigenvalue weighted by molar-refractivity contribution is 5.84. The number of fused-ring (bicyclic) bond motifs is 7. The van der Waals surface area contributed by atoms with Crippen molar-refractivity contribution in [2.75, 3.05) is 36.4 Å². The molecular weight excluding hydrogens is 763 g/mol. The number of esters is 1. The highest BCUT2D eigenvalue weighted by Crippen LogP contribution is 2.77. The summed E-state index contributed by atoms with van der Waals surface area (Å²) in [6, 6.07) is 12.4. The number of piperazine rings is 1. The number of rotatable bonds is 10. The number of ether oxygens (including phenoxy) is 1. The van der Waals surface area contributed by atoms with Crippen molar-refractivity contribution in [2.24, 2.45) is 62.1 Å². The van der Waals surface area contributed by atoms with Crippen molar-refractivity contribution < 1.29 is 24.2 Å². The zero-order valence-corrected chi connectivity index (χ0v) is 38.4. The number of hydrogen-bond acceptors (Lipinski definition) is 8.